The van der Waals surface area contributed by atoms with Crippen molar-refractivity contribution in [2.75, 3.05) is 23.8 Å². The zero-order chi connectivity index (χ0) is 18.8. The van der Waals surface area contributed by atoms with Crippen molar-refractivity contribution in [1.82, 2.24) is 0 Å². The molecule has 0 aliphatic rings. The number of halogens is 2. The predicted molar refractivity (Wildman–Crippen MR) is 110 cm³/mol. The van der Waals surface area contributed by atoms with Gasteiger partial charge in [-0.05, 0) is 36.8 Å². The summed E-state index contributed by atoms with van der Waals surface area (Å²) in [4.78, 5) is 12.1. The number of ether oxygens (including phenoxy) is 1. The van der Waals surface area contributed by atoms with Crippen molar-refractivity contribution < 1.29 is 9.53 Å². The first kappa shape index (κ1) is 20.4. The molecule has 6 heteroatoms. The molecule has 0 aromatic heterocycles. The Hall–Kier alpha value is -1.91. The third-order valence-corrected chi connectivity index (χ3v) is 4.14. The largest absolute Gasteiger partial charge is 0.494 e. The fourth-order valence-electron chi connectivity index (χ4n) is 2.43. The standard InChI is InChI=1S/C20H24Cl2N2O2/c1-2-3-4-5-9-26-19-8-6-7-17(13-19)23-14-20(25)24-18-11-15(21)10-16(22)12-18/h6-8,10-13,23H,2-5,9,14H2,1H3,(H,24,25). The summed E-state index contributed by atoms with van der Waals surface area (Å²) in [5.74, 6) is 0.614. The van der Waals surface area contributed by atoms with Crippen LogP contribution < -0.4 is 15.4 Å². The maximum Gasteiger partial charge on any atom is 0.243 e. The van der Waals surface area contributed by atoms with Gasteiger partial charge < -0.3 is 15.4 Å². The molecule has 4 nitrogen and oxygen atoms in total. The van der Waals surface area contributed by atoms with Crippen LogP contribution >= 0.6 is 23.2 Å². The molecule has 0 unspecified atom stereocenters. The third kappa shape index (κ3) is 7.54. The van der Waals surface area contributed by atoms with Gasteiger partial charge >= 0.3 is 0 Å². The lowest BCUT2D eigenvalue weighted by molar-refractivity contribution is -0.114. The Morgan fingerprint density at radius 3 is 2.50 bits per heavy atom. The van der Waals surface area contributed by atoms with E-state index in [2.05, 4.69) is 17.6 Å². The van der Waals surface area contributed by atoms with Crippen molar-refractivity contribution >= 4 is 40.5 Å². The Morgan fingerprint density at radius 2 is 1.77 bits per heavy atom. The molecule has 2 N–H and O–H groups in total. The number of unbranched alkanes of at least 4 members (excludes halogenated alkanes) is 3. The molecule has 2 aromatic rings. The van der Waals surface area contributed by atoms with Gasteiger partial charge in [-0.1, -0.05) is 55.5 Å². The fraction of sp³-hybridized carbons (Fsp3) is 0.350. The van der Waals surface area contributed by atoms with Gasteiger partial charge in [0.2, 0.25) is 5.91 Å². The highest BCUT2D eigenvalue weighted by molar-refractivity contribution is 6.35. The van der Waals surface area contributed by atoms with Crippen LogP contribution in [0.2, 0.25) is 10.0 Å². The molecule has 2 aromatic carbocycles. The highest BCUT2D eigenvalue weighted by Crippen LogP contribution is 2.22. The molecule has 0 spiro atoms. The molecule has 1 amide bonds. The van der Waals surface area contributed by atoms with Gasteiger partial charge in [-0.25, -0.2) is 0 Å². The number of carbonyl (C=O) groups excluding carboxylic acids is 1. The van der Waals surface area contributed by atoms with Crippen LogP contribution in [0.25, 0.3) is 0 Å². The number of anilines is 2. The summed E-state index contributed by atoms with van der Waals surface area (Å²) in [6.07, 6.45) is 4.68. The lowest BCUT2D eigenvalue weighted by Crippen LogP contribution is -2.21. The van der Waals surface area contributed by atoms with Crippen molar-refractivity contribution in [3.05, 3.63) is 52.5 Å². The highest BCUT2D eigenvalue weighted by atomic mass is 35.5. The van der Waals surface area contributed by atoms with E-state index in [-0.39, 0.29) is 12.5 Å². The molecule has 0 atom stereocenters. The van der Waals surface area contributed by atoms with Crippen LogP contribution in [-0.2, 0) is 4.79 Å². The summed E-state index contributed by atoms with van der Waals surface area (Å²) >= 11 is 11.9. The van der Waals surface area contributed by atoms with Crippen molar-refractivity contribution in [2.45, 2.75) is 32.6 Å². The second-order valence-corrected chi connectivity index (χ2v) is 6.87. The van der Waals surface area contributed by atoms with Gasteiger partial charge in [-0.15, -0.1) is 0 Å². The predicted octanol–water partition coefficient (Wildman–Crippen LogP) is 6.00. The quantitative estimate of drug-likeness (QED) is 0.485. The Balaban J connectivity index is 1.79. The minimum atomic E-state index is -0.186. The Morgan fingerprint density at radius 1 is 1.00 bits per heavy atom. The number of carbonyl (C=O) groups is 1. The van der Waals surface area contributed by atoms with Gasteiger partial charge in [0.15, 0.2) is 0 Å². The van der Waals surface area contributed by atoms with Crippen LogP contribution in [0.5, 0.6) is 5.75 Å². The van der Waals surface area contributed by atoms with Crippen molar-refractivity contribution in [2.24, 2.45) is 0 Å². The molecule has 0 saturated heterocycles. The smallest absolute Gasteiger partial charge is 0.243 e. The molecule has 2 rings (SSSR count). The Kier molecular flexibility index (Phi) is 8.59. The number of hydrogen-bond acceptors (Lipinski definition) is 3. The molecule has 0 saturated carbocycles. The Labute approximate surface area is 164 Å². The summed E-state index contributed by atoms with van der Waals surface area (Å²) in [7, 11) is 0. The zero-order valence-electron chi connectivity index (χ0n) is 14.9. The van der Waals surface area contributed by atoms with Crippen molar-refractivity contribution in [3.8, 4) is 5.75 Å². The molecular weight excluding hydrogens is 371 g/mol. The van der Waals surface area contributed by atoms with Crippen LogP contribution in [0.1, 0.15) is 32.6 Å². The molecule has 0 aliphatic heterocycles. The van der Waals surface area contributed by atoms with E-state index in [4.69, 9.17) is 27.9 Å². The molecule has 0 heterocycles. The summed E-state index contributed by atoms with van der Waals surface area (Å²) in [5, 5.41) is 6.80. The van der Waals surface area contributed by atoms with E-state index < -0.39 is 0 Å². The minimum absolute atomic E-state index is 0.129. The normalized spacial score (nSPS) is 10.4. The molecule has 140 valence electrons. The van der Waals surface area contributed by atoms with E-state index in [9.17, 15) is 4.79 Å². The number of hydrogen-bond donors (Lipinski definition) is 2. The van der Waals surface area contributed by atoms with E-state index >= 15 is 0 Å². The molecular formula is C20H24Cl2N2O2. The highest BCUT2D eigenvalue weighted by Gasteiger charge is 2.05. The van der Waals surface area contributed by atoms with Crippen LogP contribution in [0.15, 0.2) is 42.5 Å². The summed E-state index contributed by atoms with van der Waals surface area (Å²) in [5.41, 5.74) is 1.40. The van der Waals surface area contributed by atoms with E-state index in [0.29, 0.717) is 22.3 Å². The van der Waals surface area contributed by atoms with Gasteiger partial charge in [0.05, 0.1) is 13.2 Å². The Bertz CT molecular complexity index is 702. The van der Waals surface area contributed by atoms with Crippen LogP contribution in [-0.4, -0.2) is 19.1 Å². The van der Waals surface area contributed by atoms with Crippen molar-refractivity contribution in [1.29, 1.82) is 0 Å². The second kappa shape index (κ2) is 10.9. The molecule has 0 bridgehead atoms. The lowest BCUT2D eigenvalue weighted by atomic mass is 10.2. The number of rotatable bonds is 10. The molecule has 26 heavy (non-hydrogen) atoms. The van der Waals surface area contributed by atoms with Gasteiger partial charge in [0.1, 0.15) is 5.75 Å². The lowest BCUT2D eigenvalue weighted by Gasteiger charge is -2.11. The first-order valence-electron chi connectivity index (χ1n) is 8.79. The summed E-state index contributed by atoms with van der Waals surface area (Å²) < 4.78 is 5.75. The first-order chi connectivity index (χ1) is 12.6. The van der Waals surface area contributed by atoms with Gasteiger partial charge in [-0.2, -0.15) is 0 Å². The SMILES string of the molecule is CCCCCCOc1cccc(NCC(=O)Nc2cc(Cl)cc(Cl)c2)c1. The van der Waals surface area contributed by atoms with Crippen LogP contribution in [0.4, 0.5) is 11.4 Å². The van der Waals surface area contributed by atoms with Gasteiger partial charge in [0.25, 0.3) is 0 Å². The molecule has 0 fully saturated rings. The minimum Gasteiger partial charge on any atom is -0.494 e. The second-order valence-electron chi connectivity index (χ2n) is 6.00. The monoisotopic (exact) mass is 394 g/mol. The summed E-state index contributed by atoms with van der Waals surface area (Å²) in [6.45, 7) is 3.02. The van der Waals surface area contributed by atoms with E-state index in [1.165, 1.54) is 19.3 Å². The van der Waals surface area contributed by atoms with Gasteiger partial charge in [0, 0.05) is 27.5 Å². The van der Waals surface area contributed by atoms with Crippen molar-refractivity contribution in [3.63, 3.8) is 0 Å². The topological polar surface area (TPSA) is 50.4 Å². The summed E-state index contributed by atoms with van der Waals surface area (Å²) in [6, 6.07) is 12.5. The van der Waals surface area contributed by atoms with E-state index in [0.717, 1.165) is 17.9 Å². The first-order valence-corrected chi connectivity index (χ1v) is 9.55. The number of nitrogens with one attached hydrogen (secondary N) is 2. The number of amides is 1. The van der Waals surface area contributed by atoms with Crippen LogP contribution in [0, 0.1) is 0 Å². The zero-order valence-corrected chi connectivity index (χ0v) is 16.4. The maximum atomic E-state index is 12.1. The van der Waals surface area contributed by atoms with Gasteiger partial charge in [-0.3, -0.25) is 4.79 Å². The average Bonchev–Trinajstić information content (AvgIpc) is 2.59. The third-order valence-electron chi connectivity index (χ3n) is 3.70. The molecule has 0 radical (unpaired) electrons. The van der Waals surface area contributed by atoms with E-state index in [1.807, 2.05) is 24.3 Å². The number of benzene rings is 2. The fourth-order valence-corrected chi connectivity index (χ4v) is 2.95. The maximum absolute atomic E-state index is 12.1. The molecule has 0 aliphatic carbocycles. The average molecular weight is 395 g/mol. The van der Waals surface area contributed by atoms with Crippen LogP contribution in [0.3, 0.4) is 0 Å². The van der Waals surface area contributed by atoms with E-state index in [1.54, 1.807) is 18.2 Å².